The second-order valence-corrected chi connectivity index (χ2v) is 4.37. The highest BCUT2D eigenvalue weighted by atomic mass is 35.5. The zero-order chi connectivity index (χ0) is 11.4. The van der Waals surface area contributed by atoms with Crippen molar-refractivity contribution in [2.45, 2.75) is 12.5 Å². The van der Waals surface area contributed by atoms with E-state index in [1.165, 1.54) is 5.69 Å². The molecule has 1 aliphatic heterocycles. The average molecular weight is 292 g/mol. The Hall–Kier alpha value is -0.480. The normalized spacial score (nSPS) is 17.4. The van der Waals surface area contributed by atoms with Gasteiger partial charge in [-0.2, -0.15) is 0 Å². The van der Waals surface area contributed by atoms with Crippen LogP contribution in [0.2, 0.25) is 0 Å². The topological polar surface area (TPSA) is 20.2 Å². The van der Waals surface area contributed by atoms with Crippen molar-refractivity contribution < 1.29 is 0 Å². The van der Waals surface area contributed by atoms with E-state index >= 15 is 0 Å². The van der Waals surface area contributed by atoms with Crippen molar-refractivity contribution in [1.82, 2.24) is 14.8 Å². The van der Waals surface area contributed by atoms with Gasteiger partial charge in [-0.15, -0.1) is 31.4 Å². The maximum absolute atomic E-state index is 3.88. The van der Waals surface area contributed by atoms with Gasteiger partial charge in [0.1, 0.15) is 0 Å². The summed E-state index contributed by atoms with van der Waals surface area (Å²) in [5.74, 6) is 0. The molecule has 2 heterocycles. The van der Waals surface area contributed by atoms with Crippen molar-refractivity contribution in [3.63, 3.8) is 0 Å². The van der Waals surface area contributed by atoms with Crippen LogP contribution in [0.3, 0.4) is 0 Å². The van der Waals surface area contributed by atoms with Gasteiger partial charge >= 0.3 is 0 Å². The molecule has 1 aliphatic rings. The summed E-state index contributed by atoms with van der Waals surface area (Å²) in [6.45, 7) is 8.33. The van der Waals surface area contributed by atoms with Gasteiger partial charge in [-0.1, -0.05) is 6.08 Å². The third kappa shape index (κ3) is 4.02. The van der Waals surface area contributed by atoms with E-state index in [9.17, 15) is 0 Å². The second kappa shape index (κ2) is 8.59. The van der Waals surface area contributed by atoms with Crippen LogP contribution in [-0.2, 0) is 7.05 Å². The zero-order valence-electron chi connectivity index (χ0n) is 10.8. The fourth-order valence-electron chi connectivity index (χ4n) is 2.43. The van der Waals surface area contributed by atoms with Crippen LogP contribution in [0, 0.1) is 0 Å². The standard InChI is InChI=1S/C13H21N3.2ClH/c1-3-5-13(12-6-4-9-15(12)2)16-10-7-14-8-11-16;;/h3-4,6,9,13-14H,1,5,7-8,10-11H2,2H3;2*1H/t13-;;/m1../s1. The van der Waals surface area contributed by atoms with Crippen molar-refractivity contribution in [2.75, 3.05) is 26.2 Å². The van der Waals surface area contributed by atoms with E-state index in [1.807, 2.05) is 6.08 Å². The Morgan fingerprint density at radius 2 is 2.06 bits per heavy atom. The number of aromatic nitrogens is 1. The van der Waals surface area contributed by atoms with Gasteiger partial charge in [-0.25, -0.2) is 0 Å². The molecule has 0 aromatic carbocycles. The number of nitrogens with zero attached hydrogens (tertiary/aromatic N) is 2. The second-order valence-electron chi connectivity index (χ2n) is 4.37. The largest absolute Gasteiger partial charge is 0.353 e. The fraction of sp³-hybridized carbons (Fsp3) is 0.538. The van der Waals surface area contributed by atoms with E-state index in [2.05, 4.69) is 46.7 Å². The maximum atomic E-state index is 3.88. The summed E-state index contributed by atoms with van der Waals surface area (Å²) in [4.78, 5) is 2.55. The van der Waals surface area contributed by atoms with Crippen molar-refractivity contribution in [1.29, 1.82) is 0 Å². The van der Waals surface area contributed by atoms with Crippen LogP contribution < -0.4 is 5.32 Å². The van der Waals surface area contributed by atoms with Crippen LogP contribution in [-0.4, -0.2) is 35.6 Å². The third-order valence-electron chi connectivity index (χ3n) is 3.31. The Kier molecular flexibility index (Phi) is 8.36. The summed E-state index contributed by atoms with van der Waals surface area (Å²) in [5, 5.41) is 3.40. The monoisotopic (exact) mass is 291 g/mol. The molecule has 1 aromatic rings. The highest BCUT2D eigenvalue weighted by Crippen LogP contribution is 2.24. The van der Waals surface area contributed by atoms with Gasteiger partial charge in [0.05, 0.1) is 6.04 Å². The zero-order valence-corrected chi connectivity index (χ0v) is 12.5. The predicted octanol–water partition coefficient (Wildman–Crippen LogP) is 2.39. The van der Waals surface area contributed by atoms with Crippen LogP contribution in [0.25, 0.3) is 0 Å². The van der Waals surface area contributed by atoms with Crippen LogP contribution in [0.4, 0.5) is 0 Å². The first-order chi connectivity index (χ1) is 7.83. The Morgan fingerprint density at radius 1 is 1.39 bits per heavy atom. The van der Waals surface area contributed by atoms with Gasteiger partial charge in [0, 0.05) is 45.1 Å². The van der Waals surface area contributed by atoms with E-state index in [-0.39, 0.29) is 24.8 Å². The molecule has 0 bridgehead atoms. The van der Waals surface area contributed by atoms with Crippen LogP contribution in [0.5, 0.6) is 0 Å². The predicted molar refractivity (Wildman–Crippen MR) is 81.9 cm³/mol. The maximum Gasteiger partial charge on any atom is 0.0535 e. The molecule has 1 aromatic heterocycles. The summed E-state index contributed by atoms with van der Waals surface area (Å²) in [5.41, 5.74) is 1.39. The van der Waals surface area contributed by atoms with Gasteiger partial charge in [0.25, 0.3) is 0 Å². The molecule has 0 aliphatic carbocycles. The smallest absolute Gasteiger partial charge is 0.0535 e. The van der Waals surface area contributed by atoms with E-state index in [1.54, 1.807) is 0 Å². The number of rotatable bonds is 4. The summed E-state index contributed by atoms with van der Waals surface area (Å²) in [6.07, 6.45) is 5.17. The van der Waals surface area contributed by atoms with Crippen LogP contribution >= 0.6 is 24.8 Å². The molecule has 0 saturated carbocycles. The molecule has 0 spiro atoms. The average Bonchev–Trinajstić information content (AvgIpc) is 2.73. The molecule has 2 rings (SSSR count). The van der Waals surface area contributed by atoms with Gasteiger partial charge in [-0.3, -0.25) is 4.90 Å². The molecule has 0 amide bonds. The summed E-state index contributed by atoms with van der Waals surface area (Å²) in [7, 11) is 2.12. The molecule has 1 fully saturated rings. The lowest BCUT2D eigenvalue weighted by Crippen LogP contribution is -2.45. The van der Waals surface area contributed by atoms with Gasteiger partial charge in [0.15, 0.2) is 0 Å². The number of aryl methyl sites for hydroxylation is 1. The molecule has 1 atom stereocenters. The van der Waals surface area contributed by atoms with Crippen LogP contribution in [0.1, 0.15) is 18.2 Å². The molecule has 104 valence electrons. The number of hydrogen-bond donors (Lipinski definition) is 1. The molecule has 5 heteroatoms. The molecule has 3 nitrogen and oxygen atoms in total. The van der Waals surface area contributed by atoms with Crippen molar-refractivity contribution in [3.8, 4) is 0 Å². The molecule has 1 N–H and O–H groups in total. The molecule has 0 unspecified atom stereocenters. The first-order valence-electron chi connectivity index (χ1n) is 6.00. The number of halogens is 2. The lowest BCUT2D eigenvalue weighted by Gasteiger charge is -2.34. The van der Waals surface area contributed by atoms with Crippen LogP contribution in [0.15, 0.2) is 31.0 Å². The Labute approximate surface area is 122 Å². The molecular formula is C13H23Cl2N3. The minimum atomic E-state index is 0. The SMILES string of the molecule is C=CC[C@H](c1cccn1C)N1CCNCC1.Cl.Cl. The van der Waals surface area contributed by atoms with Gasteiger partial charge in [-0.05, 0) is 18.6 Å². The number of hydrogen-bond acceptors (Lipinski definition) is 2. The molecule has 1 saturated heterocycles. The van der Waals surface area contributed by atoms with Crippen molar-refractivity contribution >= 4 is 24.8 Å². The van der Waals surface area contributed by atoms with Gasteiger partial charge < -0.3 is 9.88 Å². The minimum Gasteiger partial charge on any atom is -0.353 e. The number of piperazine rings is 1. The third-order valence-corrected chi connectivity index (χ3v) is 3.31. The van der Waals surface area contributed by atoms with Crippen molar-refractivity contribution in [3.05, 3.63) is 36.7 Å². The lowest BCUT2D eigenvalue weighted by atomic mass is 10.1. The van der Waals surface area contributed by atoms with E-state index in [0.717, 1.165) is 32.6 Å². The van der Waals surface area contributed by atoms with Crippen molar-refractivity contribution in [2.24, 2.45) is 7.05 Å². The summed E-state index contributed by atoms with van der Waals surface area (Å²) >= 11 is 0. The number of nitrogens with one attached hydrogen (secondary N) is 1. The highest BCUT2D eigenvalue weighted by Gasteiger charge is 2.22. The fourth-order valence-corrected chi connectivity index (χ4v) is 2.43. The lowest BCUT2D eigenvalue weighted by molar-refractivity contribution is 0.169. The Bertz CT molecular complexity index is 346. The molecular weight excluding hydrogens is 269 g/mol. The van der Waals surface area contributed by atoms with E-state index < -0.39 is 0 Å². The van der Waals surface area contributed by atoms with Gasteiger partial charge in [0.2, 0.25) is 0 Å². The van der Waals surface area contributed by atoms with E-state index in [4.69, 9.17) is 0 Å². The summed E-state index contributed by atoms with van der Waals surface area (Å²) < 4.78 is 2.22. The molecule has 18 heavy (non-hydrogen) atoms. The summed E-state index contributed by atoms with van der Waals surface area (Å²) in [6, 6.07) is 4.82. The molecule has 0 radical (unpaired) electrons. The Balaban J connectivity index is 0.00000144. The Morgan fingerprint density at radius 3 is 2.56 bits per heavy atom. The van der Waals surface area contributed by atoms with E-state index in [0.29, 0.717) is 6.04 Å². The highest BCUT2D eigenvalue weighted by molar-refractivity contribution is 5.85. The minimum absolute atomic E-state index is 0. The first-order valence-corrected chi connectivity index (χ1v) is 6.00. The quantitative estimate of drug-likeness (QED) is 0.860. The first kappa shape index (κ1) is 17.5.